The summed E-state index contributed by atoms with van der Waals surface area (Å²) >= 11 is 0. The number of amides is 2. The van der Waals surface area contributed by atoms with Crippen LogP contribution in [-0.2, 0) is 20.7 Å². The molecule has 0 saturated heterocycles. The fraction of sp³-hybridized carbons (Fsp3) is 0.571. The summed E-state index contributed by atoms with van der Waals surface area (Å²) in [5.41, 5.74) is 1.66. The van der Waals surface area contributed by atoms with Gasteiger partial charge in [-0.05, 0) is 70.2 Å². The number of carbonyl (C=O) groups excluding carboxylic acids is 3. The van der Waals surface area contributed by atoms with Crippen LogP contribution in [0.1, 0.15) is 68.8 Å². The second-order valence-electron chi connectivity index (χ2n) is 8.46. The number of carbonyl (C=O) groups is 3. The van der Waals surface area contributed by atoms with Crippen molar-refractivity contribution in [3.8, 4) is 0 Å². The molecule has 0 unspecified atom stereocenters. The molecule has 0 radical (unpaired) electrons. The third kappa shape index (κ3) is 5.47. The average Bonchev–Trinajstić information content (AvgIpc) is 2.91. The maximum atomic E-state index is 12.5. The lowest BCUT2D eigenvalue weighted by Gasteiger charge is -2.21. The molecular formula is C21H28N2O5. The number of aryl methyl sites for hydroxylation is 1. The van der Waals surface area contributed by atoms with Crippen LogP contribution in [0.25, 0.3) is 0 Å². The van der Waals surface area contributed by atoms with Crippen molar-refractivity contribution < 1.29 is 23.9 Å². The van der Waals surface area contributed by atoms with Crippen molar-refractivity contribution in [2.45, 2.75) is 77.0 Å². The maximum absolute atomic E-state index is 12.5. The first kappa shape index (κ1) is 20.2. The number of alkyl carbamates (subject to hydrolysis) is 1. The minimum Gasteiger partial charge on any atom is -0.459 e. The van der Waals surface area contributed by atoms with Gasteiger partial charge >= 0.3 is 12.1 Å². The van der Waals surface area contributed by atoms with Crippen molar-refractivity contribution in [1.29, 1.82) is 0 Å². The highest BCUT2D eigenvalue weighted by atomic mass is 16.6. The highest BCUT2D eigenvalue weighted by Crippen LogP contribution is 2.26. The quantitative estimate of drug-likeness (QED) is 0.772. The van der Waals surface area contributed by atoms with E-state index in [1.165, 1.54) is 0 Å². The van der Waals surface area contributed by atoms with Crippen LogP contribution < -0.4 is 10.6 Å². The van der Waals surface area contributed by atoms with Gasteiger partial charge in [-0.2, -0.15) is 0 Å². The summed E-state index contributed by atoms with van der Waals surface area (Å²) in [6.07, 6.45) is 3.34. The number of hydrogen-bond donors (Lipinski definition) is 2. The van der Waals surface area contributed by atoms with Gasteiger partial charge in [-0.1, -0.05) is 0 Å². The van der Waals surface area contributed by atoms with Crippen LogP contribution in [0.2, 0.25) is 0 Å². The van der Waals surface area contributed by atoms with Gasteiger partial charge in [-0.25, -0.2) is 9.59 Å². The Morgan fingerprint density at radius 2 is 1.96 bits per heavy atom. The normalized spacial score (nSPS) is 21.9. The highest BCUT2D eigenvalue weighted by molar-refractivity contribution is 5.94. The van der Waals surface area contributed by atoms with Crippen LogP contribution in [0.3, 0.4) is 0 Å². The molecule has 7 nitrogen and oxygen atoms in total. The van der Waals surface area contributed by atoms with Gasteiger partial charge in [0.25, 0.3) is 0 Å². The second kappa shape index (κ2) is 8.20. The predicted octanol–water partition coefficient (Wildman–Crippen LogP) is 3.56. The van der Waals surface area contributed by atoms with E-state index < -0.39 is 11.7 Å². The smallest absolute Gasteiger partial charge is 0.407 e. The summed E-state index contributed by atoms with van der Waals surface area (Å²) in [6, 6.07) is 5.18. The molecule has 28 heavy (non-hydrogen) atoms. The standard InChI is InChI=1S/C21H28N2O5/c1-21(2,3)28-20(26)22-15-8-9-16(12-15)27-19(25)14-7-10-17-13(11-14)5-4-6-18(24)23-17/h7,10-11,15-16H,4-6,8-9,12H2,1-3H3,(H,22,26)(H,23,24)/t15-,16-/m1/s1. The molecule has 7 heteroatoms. The van der Waals surface area contributed by atoms with Crippen molar-refractivity contribution in [1.82, 2.24) is 5.32 Å². The Morgan fingerprint density at radius 3 is 2.71 bits per heavy atom. The van der Waals surface area contributed by atoms with Crippen LogP contribution in [0.5, 0.6) is 0 Å². The van der Waals surface area contributed by atoms with Crippen LogP contribution in [0.4, 0.5) is 10.5 Å². The second-order valence-corrected chi connectivity index (χ2v) is 8.46. The zero-order valence-electron chi connectivity index (χ0n) is 16.7. The van der Waals surface area contributed by atoms with Gasteiger partial charge in [0, 0.05) is 24.6 Å². The van der Waals surface area contributed by atoms with Gasteiger partial charge < -0.3 is 20.1 Å². The zero-order valence-corrected chi connectivity index (χ0v) is 16.7. The Hall–Kier alpha value is -2.57. The van der Waals surface area contributed by atoms with Gasteiger partial charge in [-0.15, -0.1) is 0 Å². The highest BCUT2D eigenvalue weighted by Gasteiger charge is 2.30. The predicted molar refractivity (Wildman–Crippen MR) is 104 cm³/mol. The molecule has 1 aromatic rings. The van der Waals surface area contributed by atoms with Crippen LogP contribution in [0, 0.1) is 0 Å². The van der Waals surface area contributed by atoms with Gasteiger partial charge in [0.15, 0.2) is 0 Å². The summed E-state index contributed by atoms with van der Waals surface area (Å²) in [5.74, 6) is -0.371. The molecule has 2 atom stereocenters. The summed E-state index contributed by atoms with van der Waals surface area (Å²) in [5, 5.41) is 5.70. The summed E-state index contributed by atoms with van der Waals surface area (Å²) in [4.78, 5) is 36.1. The van der Waals surface area contributed by atoms with Crippen molar-refractivity contribution in [3.63, 3.8) is 0 Å². The largest absolute Gasteiger partial charge is 0.459 e. The first-order chi connectivity index (χ1) is 13.2. The molecule has 152 valence electrons. The van der Waals surface area contributed by atoms with Gasteiger partial charge in [-0.3, -0.25) is 4.79 Å². The lowest BCUT2D eigenvalue weighted by Crippen LogP contribution is -2.38. The number of benzene rings is 1. The number of anilines is 1. The molecule has 2 N–H and O–H groups in total. The van der Waals surface area contributed by atoms with E-state index in [1.54, 1.807) is 18.2 Å². The number of fused-ring (bicyclic) bond motifs is 1. The van der Waals surface area contributed by atoms with E-state index in [1.807, 2.05) is 20.8 Å². The zero-order chi connectivity index (χ0) is 20.3. The molecule has 1 fully saturated rings. The molecule has 1 aromatic carbocycles. The third-order valence-electron chi connectivity index (χ3n) is 4.84. The molecule has 1 aliphatic carbocycles. The van der Waals surface area contributed by atoms with E-state index in [4.69, 9.17) is 9.47 Å². The molecule has 3 rings (SSSR count). The van der Waals surface area contributed by atoms with E-state index in [0.717, 1.165) is 30.5 Å². The van der Waals surface area contributed by atoms with Crippen molar-refractivity contribution >= 4 is 23.7 Å². The summed E-state index contributed by atoms with van der Waals surface area (Å²) in [6.45, 7) is 5.45. The Kier molecular flexibility index (Phi) is 5.91. The average molecular weight is 388 g/mol. The molecule has 2 amide bonds. The molecule has 2 aliphatic rings. The fourth-order valence-electron chi connectivity index (χ4n) is 3.57. The van der Waals surface area contributed by atoms with E-state index in [2.05, 4.69) is 10.6 Å². The molecule has 0 aromatic heterocycles. The van der Waals surface area contributed by atoms with Crippen molar-refractivity contribution in [3.05, 3.63) is 29.3 Å². The molecule has 1 aliphatic heterocycles. The van der Waals surface area contributed by atoms with Crippen LogP contribution in [-0.4, -0.2) is 35.7 Å². The summed E-state index contributed by atoms with van der Waals surface area (Å²) < 4.78 is 10.9. The lowest BCUT2D eigenvalue weighted by atomic mass is 10.0. The molecule has 0 spiro atoms. The number of ether oxygens (including phenoxy) is 2. The van der Waals surface area contributed by atoms with Crippen molar-refractivity contribution in [2.75, 3.05) is 5.32 Å². The van der Waals surface area contributed by atoms with E-state index in [-0.39, 0.29) is 24.0 Å². The molecule has 1 saturated carbocycles. The number of nitrogens with one attached hydrogen (secondary N) is 2. The maximum Gasteiger partial charge on any atom is 0.407 e. The number of esters is 1. The fourth-order valence-corrected chi connectivity index (χ4v) is 3.57. The summed E-state index contributed by atoms with van der Waals surface area (Å²) in [7, 11) is 0. The van der Waals surface area contributed by atoms with Crippen LogP contribution in [0.15, 0.2) is 18.2 Å². The first-order valence-corrected chi connectivity index (χ1v) is 9.83. The van der Waals surface area contributed by atoms with Gasteiger partial charge in [0.2, 0.25) is 5.91 Å². The minimum atomic E-state index is -0.542. The van der Waals surface area contributed by atoms with E-state index in [0.29, 0.717) is 24.8 Å². The first-order valence-electron chi connectivity index (χ1n) is 9.83. The van der Waals surface area contributed by atoms with Crippen LogP contribution >= 0.6 is 0 Å². The third-order valence-corrected chi connectivity index (χ3v) is 4.84. The van der Waals surface area contributed by atoms with E-state index in [9.17, 15) is 14.4 Å². The SMILES string of the molecule is CC(C)(C)OC(=O)N[C@@H]1CC[C@@H](OC(=O)c2ccc3c(c2)CCCC(=O)N3)C1. The minimum absolute atomic E-state index is 0.00330. The molecule has 1 heterocycles. The Bertz CT molecular complexity index is 769. The van der Waals surface area contributed by atoms with Crippen molar-refractivity contribution in [2.24, 2.45) is 0 Å². The topological polar surface area (TPSA) is 93.7 Å². The number of rotatable bonds is 3. The van der Waals surface area contributed by atoms with Gasteiger partial charge in [0.1, 0.15) is 11.7 Å². The number of hydrogen-bond acceptors (Lipinski definition) is 5. The van der Waals surface area contributed by atoms with E-state index >= 15 is 0 Å². The Labute approximate surface area is 165 Å². The molecule has 0 bridgehead atoms. The monoisotopic (exact) mass is 388 g/mol. The lowest BCUT2D eigenvalue weighted by molar-refractivity contribution is -0.116. The Morgan fingerprint density at radius 1 is 1.18 bits per heavy atom. The van der Waals surface area contributed by atoms with Gasteiger partial charge in [0.05, 0.1) is 5.56 Å². The molecular weight excluding hydrogens is 360 g/mol. The Balaban J connectivity index is 1.54.